The highest BCUT2D eigenvalue weighted by molar-refractivity contribution is 6.46. The maximum Gasteiger partial charge on any atom is 0.295 e. The lowest BCUT2D eigenvalue weighted by atomic mass is 9.94. The van der Waals surface area contributed by atoms with Crippen molar-refractivity contribution < 1.29 is 23.8 Å². The fraction of sp³-hybridized carbons (Fsp3) is 0.241. The molecule has 0 aromatic heterocycles. The third-order valence-electron chi connectivity index (χ3n) is 5.88. The van der Waals surface area contributed by atoms with E-state index >= 15 is 0 Å². The van der Waals surface area contributed by atoms with E-state index in [4.69, 9.17) is 4.74 Å². The molecule has 1 fully saturated rings. The SMILES string of the molecule is Cc1cccc(C2/C(=C(/O)c3ccc(OCC(C)C)cc3)C(=O)C(=O)N2Cc2ccc(F)cc2)c1. The number of benzene rings is 3. The average Bonchev–Trinajstić information content (AvgIpc) is 3.09. The number of Topliss-reactive ketones (excluding diaryl/α,β-unsaturated/α-hetero) is 1. The lowest BCUT2D eigenvalue weighted by Crippen LogP contribution is -2.29. The van der Waals surface area contributed by atoms with Gasteiger partial charge in [0.1, 0.15) is 17.3 Å². The van der Waals surface area contributed by atoms with E-state index in [9.17, 15) is 19.1 Å². The second-order valence-electron chi connectivity index (χ2n) is 9.20. The van der Waals surface area contributed by atoms with Crippen LogP contribution in [-0.2, 0) is 16.1 Å². The molecule has 1 saturated heterocycles. The number of likely N-dealkylation sites (tertiary alicyclic amines) is 1. The van der Waals surface area contributed by atoms with Crippen LogP contribution in [0.2, 0.25) is 0 Å². The smallest absolute Gasteiger partial charge is 0.295 e. The summed E-state index contributed by atoms with van der Waals surface area (Å²) in [5.74, 6) is -1.06. The van der Waals surface area contributed by atoms with Gasteiger partial charge in [-0.25, -0.2) is 4.39 Å². The first-order valence-corrected chi connectivity index (χ1v) is 11.6. The van der Waals surface area contributed by atoms with Gasteiger partial charge in [0.05, 0.1) is 18.2 Å². The van der Waals surface area contributed by atoms with Gasteiger partial charge in [0, 0.05) is 12.1 Å². The number of amides is 1. The van der Waals surface area contributed by atoms with Crippen molar-refractivity contribution >= 4 is 17.4 Å². The number of nitrogens with zero attached hydrogens (tertiary/aromatic N) is 1. The van der Waals surface area contributed by atoms with Crippen LogP contribution in [0.25, 0.3) is 5.76 Å². The molecule has 1 atom stereocenters. The minimum Gasteiger partial charge on any atom is -0.507 e. The minimum absolute atomic E-state index is 0.0264. The van der Waals surface area contributed by atoms with Gasteiger partial charge >= 0.3 is 0 Å². The van der Waals surface area contributed by atoms with Crippen molar-refractivity contribution in [2.75, 3.05) is 6.61 Å². The molecule has 1 heterocycles. The summed E-state index contributed by atoms with van der Waals surface area (Å²) in [6.45, 7) is 6.69. The van der Waals surface area contributed by atoms with Gasteiger partial charge in [-0.3, -0.25) is 9.59 Å². The maximum atomic E-state index is 13.4. The van der Waals surface area contributed by atoms with Crippen molar-refractivity contribution in [3.63, 3.8) is 0 Å². The molecular weight excluding hydrogens is 445 g/mol. The average molecular weight is 474 g/mol. The van der Waals surface area contributed by atoms with Gasteiger partial charge < -0.3 is 14.7 Å². The van der Waals surface area contributed by atoms with E-state index < -0.39 is 17.7 Å². The molecule has 4 rings (SSSR count). The molecule has 0 spiro atoms. The number of ether oxygens (including phenoxy) is 1. The lowest BCUT2D eigenvalue weighted by molar-refractivity contribution is -0.140. The Labute approximate surface area is 204 Å². The molecule has 0 radical (unpaired) electrons. The molecule has 0 saturated carbocycles. The van der Waals surface area contributed by atoms with E-state index in [1.807, 2.05) is 31.2 Å². The molecule has 1 amide bonds. The van der Waals surface area contributed by atoms with E-state index in [2.05, 4.69) is 13.8 Å². The summed E-state index contributed by atoms with van der Waals surface area (Å²) in [4.78, 5) is 27.8. The van der Waals surface area contributed by atoms with Crippen LogP contribution in [0.4, 0.5) is 4.39 Å². The van der Waals surface area contributed by atoms with Gasteiger partial charge in [-0.2, -0.15) is 0 Å². The second kappa shape index (κ2) is 10.1. The predicted octanol–water partition coefficient (Wildman–Crippen LogP) is 5.79. The Morgan fingerprint density at radius 1 is 1.03 bits per heavy atom. The molecule has 35 heavy (non-hydrogen) atoms. The van der Waals surface area contributed by atoms with Crippen molar-refractivity contribution in [1.82, 2.24) is 4.90 Å². The molecule has 0 bridgehead atoms. The number of rotatable bonds is 7. The van der Waals surface area contributed by atoms with E-state index in [0.717, 1.165) is 5.56 Å². The highest BCUT2D eigenvalue weighted by atomic mass is 19.1. The molecular formula is C29H28FNO4. The number of hydrogen-bond acceptors (Lipinski definition) is 4. The number of ketones is 1. The zero-order valence-corrected chi connectivity index (χ0v) is 20.0. The van der Waals surface area contributed by atoms with Crippen LogP contribution in [0.15, 0.2) is 78.4 Å². The van der Waals surface area contributed by atoms with Crippen molar-refractivity contribution in [3.05, 3.63) is 106 Å². The number of aliphatic hydroxyl groups excluding tert-OH is 1. The van der Waals surface area contributed by atoms with Crippen LogP contribution >= 0.6 is 0 Å². The van der Waals surface area contributed by atoms with Crippen LogP contribution in [0, 0.1) is 18.7 Å². The minimum atomic E-state index is -0.781. The monoisotopic (exact) mass is 473 g/mol. The number of aliphatic hydroxyl groups is 1. The zero-order valence-electron chi connectivity index (χ0n) is 20.0. The number of carbonyl (C=O) groups is 2. The number of carbonyl (C=O) groups excluding carboxylic acids is 2. The third-order valence-corrected chi connectivity index (χ3v) is 5.88. The van der Waals surface area contributed by atoms with Crippen LogP contribution in [0.1, 0.15) is 42.1 Å². The number of aryl methyl sites for hydroxylation is 1. The Morgan fingerprint density at radius 2 is 1.71 bits per heavy atom. The van der Waals surface area contributed by atoms with Gasteiger partial charge in [0.2, 0.25) is 0 Å². The lowest BCUT2D eigenvalue weighted by Gasteiger charge is -2.25. The molecule has 1 unspecified atom stereocenters. The summed E-state index contributed by atoms with van der Waals surface area (Å²) in [5, 5.41) is 11.2. The van der Waals surface area contributed by atoms with E-state index in [0.29, 0.717) is 35.0 Å². The second-order valence-corrected chi connectivity index (χ2v) is 9.20. The molecule has 0 aliphatic carbocycles. The summed E-state index contributed by atoms with van der Waals surface area (Å²) in [5.41, 5.74) is 2.79. The van der Waals surface area contributed by atoms with Gasteiger partial charge in [-0.05, 0) is 60.4 Å². The summed E-state index contributed by atoms with van der Waals surface area (Å²) in [7, 11) is 0. The molecule has 180 valence electrons. The van der Waals surface area contributed by atoms with Crippen molar-refractivity contribution in [3.8, 4) is 5.75 Å². The Kier molecular flexibility index (Phi) is 7.01. The summed E-state index contributed by atoms with van der Waals surface area (Å²) < 4.78 is 19.1. The van der Waals surface area contributed by atoms with Gasteiger partial charge in [-0.1, -0.05) is 55.8 Å². The molecule has 1 N–H and O–H groups in total. The summed E-state index contributed by atoms with van der Waals surface area (Å²) in [6, 6.07) is 19.3. The van der Waals surface area contributed by atoms with Gasteiger partial charge in [-0.15, -0.1) is 0 Å². The number of hydrogen-bond donors (Lipinski definition) is 1. The first-order chi connectivity index (χ1) is 16.7. The van der Waals surface area contributed by atoms with Gasteiger partial charge in [0.15, 0.2) is 0 Å². The first kappa shape index (κ1) is 24.2. The fourth-order valence-electron chi connectivity index (χ4n) is 4.14. The Balaban J connectivity index is 1.76. The van der Waals surface area contributed by atoms with Gasteiger partial charge in [0.25, 0.3) is 11.7 Å². The highest BCUT2D eigenvalue weighted by Gasteiger charge is 2.46. The molecule has 1 aliphatic rings. The normalized spacial score (nSPS) is 17.3. The molecule has 5 nitrogen and oxygen atoms in total. The summed E-state index contributed by atoms with van der Waals surface area (Å²) >= 11 is 0. The van der Waals surface area contributed by atoms with E-state index in [-0.39, 0.29) is 23.7 Å². The molecule has 6 heteroatoms. The Bertz CT molecular complexity index is 1260. The maximum absolute atomic E-state index is 13.4. The Hall–Kier alpha value is -3.93. The standard InChI is InChI=1S/C29H28FNO4/c1-18(2)17-35-24-13-9-21(10-14-24)27(32)25-26(22-6-4-5-19(3)15-22)31(29(34)28(25)33)16-20-7-11-23(30)12-8-20/h4-15,18,26,32H,16-17H2,1-3H3/b27-25-. The van der Waals surface area contributed by atoms with Crippen LogP contribution in [0.5, 0.6) is 5.75 Å². The highest BCUT2D eigenvalue weighted by Crippen LogP contribution is 2.40. The van der Waals surface area contributed by atoms with Crippen LogP contribution in [-0.4, -0.2) is 28.3 Å². The Morgan fingerprint density at radius 3 is 2.34 bits per heavy atom. The first-order valence-electron chi connectivity index (χ1n) is 11.6. The van der Waals surface area contributed by atoms with Crippen LogP contribution in [0.3, 0.4) is 0 Å². The van der Waals surface area contributed by atoms with Crippen LogP contribution < -0.4 is 4.74 Å². The summed E-state index contributed by atoms with van der Waals surface area (Å²) in [6.07, 6.45) is 0. The molecule has 1 aliphatic heterocycles. The third kappa shape index (κ3) is 5.27. The van der Waals surface area contributed by atoms with E-state index in [1.54, 1.807) is 36.4 Å². The zero-order chi connectivity index (χ0) is 25.1. The largest absolute Gasteiger partial charge is 0.507 e. The number of halogens is 1. The molecule has 3 aromatic rings. The molecule has 3 aromatic carbocycles. The quantitative estimate of drug-likeness (QED) is 0.268. The van der Waals surface area contributed by atoms with Crippen molar-refractivity contribution in [2.24, 2.45) is 5.92 Å². The van der Waals surface area contributed by atoms with E-state index in [1.165, 1.54) is 17.0 Å². The topological polar surface area (TPSA) is 66.8 Å². The predicted molar refractivity (Wildman–Crippen MR) is 132 cm³/mol. The van der Waals surface area contributed by atoms with Crippen molar-refractivity contribution in [1.29, 1.82) is 0 Å². The fourth-order valence-corrected chi connectivity index (χ4v) is 4.14. The van der Waals surface area contributed by atoms with Crippen molar-refractivity contribution in [2.45, 2.75) is 33.4 Å².